The highest BCUT2D eigenvalue weighted by Gasteiger charge is 2.22. The van der Waals surface area contributed by atoms with Crippen molar-refractivity contribution in [3.8, 4) is 17.1 Å². The van der Waals surface area contributed by atoms with E-state index in [0.29, 0.717) is 28.3 Å². The number of amides is 1. The average molecular weight is 473 g/mol. The Balaban J connectivity index is 1.47. The molecule has 1 amide bonds. The molecule has 3 heterocycles. The topological polar surface area (TPSA) is 104 Å². The maximum absolute atomic E-state index is 11.4. The molecule has 1 saturated heterocycles. The quantitative estimate of drug-likeness (QED) is 0.439. The lowest BCUT2D eigenvalue weighted by molar-refractivity contribution is -0.122. The summed E-state index contributed by atoms with van der Waals surface area (Å²) in [7, 11) is 3.31. The lowest BCUT2D eigenvalue weighted by atomic mass is 10.0. The number of aromatic amines is 1. The van der Waals surface area contributed by atoms with E-state index in [2.05, 4.69) is 25.5 Å². The number of likely N-dealkylation sites (N-methyl/N-ethyl adjacent to an activating group) is 1. The molecule has 3 aromatic rings. The molecule has 2 aromatic heterocycles. The lowest BCUT2D eigenvalue weighted by Gasteiger charge is -2.32. The van der Waals surface area contributed by atoms with Crippen LogP contribution < -0.4 is 15.4 Å². The molecule has 0 aliphatic carbocycles. The normalized spacial score (nSPS) is 15.0. The van der Waals surface area contributed by atoms with Gasteiger partial charge >= 0.3 is 0 Å². The number of fused-ring (bicyclic) bond motifs is 1. The molecular formula is C23H29ClN6O3. The number of nitrogens with zero attached hydrogens (tertiary/aromatic N) is 3. The molecule has 33 heavy (non-hydrogen) atoms. The van der Waals surface area contributed by atoms with Crippen molar-refractivity contribution in [2.45, 2.75) is 18.9 Å². The number of H-pyrrole nitrogens is 1. The van der Waals surface area contributed by atoms with E-state index in [-0.39, 0.29) is 12.5 Å². The number of halogens is 1. The van der Waals surface area contributed by atoms with Crippen LogP contribution in [0.3, 0.4) is 0 Å². The first-order chi connectivity index (χ1) is 16.1. The third kappa shape index (κ3) is 5.73. The van der Waals surface area contributed by atoms with Gasteiger partial charge in [-0.2, -0.15) is 0 Å². The highest BCUT2D eigenvalue weighted by Crippen LogP contribution is 2.32. The van der Waals surface area contributed by atoms with Gasteiger partial charge in [-0.3, -0.25) is 4.79 Å². The predicted octanol–water partition coefficient (Wildman–Crippen LogP) is 2.93. The molecule has 0 saturated carbocycles. The molecule has 9 nitrogen and oxygen atoms in total. The van der Waals surface area contributed by atoms with Gasteiger partial charge in [-0.1, -0.05) is 11.6 Å². The van der Waals surface area contributed by atoms with Crippen LogP contribution in [0, 0.1) is 0 Å². The summed E-state index contributed by atoms with van der Waals surface area (Å²) in [5.41, 5.74) is 3.09. The van der Waals surface area contributed by atoms with E-state index in [1.165, 1.54) is 0 Å². The minimum Gasteiger partial charge on any atom is -0.484 e. The van der Waals surface area contributed by atoms with Gasteiger partial charge in [0.1, 0.15) is 17.1 Å². The summed E-state index contributed by atoms with van der Waals surface area (Å²) >= 11 is 6.51. The molecule has 0 bridgehead atoms. The highest BCUT2D eigenvalue weighted by molar-refractivity contribution is 6.34. The zero-order chi connectivity index (χ0) is 23.2. The van der Waals surface area contributed by atoms with Crippen LogP contribution in [0.4, 0.5) is 5.69 Å². The van der Waals surface area contributed by atoms with Crippen molar-refractivity contribution in [2.75, 3.05) is 52.3 Å². The molecular weight excluding hydrogens is 444 g/mol. The number of piperidine rings is 1. The lowest BCUT2D eigenvalue weighted by Crippen LogP contribution is -2.40. The van der Waals surface area contributed by atoms with Crippen molar-refractivity contribution >= 4 is 34.4 Å². The van der Waals surface area contributed by atoms with Gasteiger partial charge in [0.05, 0.1) is 23.5 Å². The molecule has 10 heteroatoms. The fraction of sp³-hybridized carbons (Fsp3) is 0.435. The van der Waals surface area contributed by atoms with Gasteiger partial charge in [0.15, 0.2) is 12.3 Å². The van der Waals surface area contributed by atoms with E-state index in [0.717, 1.165) is 55.9 Å². The number of methoxy groups -OCH3 is 1. The van der Waals surface area contributed by atoms with Gasteiger partial charge in [-0.05, 0) is 37.1 Å². The van der Waals surface area contributed by atoms with Crippen molar-refractivity contribution in [2.24, 2.45) is 0 Å². The highest BCUT2D eigenvalue weighted by atomic mass is 35.5. The van der Waals surface area contributed by atoms with Crippen molar-refractivity contribution in [1.29, 1.82) is 0 Å². The van der Waals surface area contributed by atoms with Gasteiger partial charge < -0.3 is 30.0 Å². The Hall–Kier alpha value is -2.88. The van der Waals surface area contributed by atoms with Crippen LogP contribution >= 0.6 is 11.6 Å². The first-order valence-corrected chi connectivity index (χ1v) is 11.4. The minimum absolute atomic E-state index is 0.0246. The Kier molecular flexibility index (Phi) is 7.64. The standard InChI is InChI=1S/C23H29ClN6O3/c1-25-19(31)14-33-17-5-3-15(4-6-17)22-28-21-20(18(24)13-26-23(21)29-22)27-16-7-9-30(10-8-16)11-12-32-2/h3-6,13,16H,7-12,14H2,1-2H3,(H,25,31)(H2,26,27,28,29). The number of benzene rings is 1. The van der Waals surface area contributed by atoms with Crippen molar-refractivity contribution in [3.05, 3.63) is 35.5 Å². The Morgan fingerprint density at radius 3 is 2.73 bits per heavy atom. The molecule has 4 rings (SSSR count). The number of carbonyl (C=O) groups excluding carboxylic acids is 1. The van der Waals surface area contributed by atoms with Gasteiger partial charge in [0.2, 0.25) is 0 Å². The van der Waals surface area contributed by atoms with E-state index in [9.17, 15) is 4.79 Å². The number of imidazole rings is 1. The molecule has 1 aliphatic heterocycles. The van der Waals surface area contributed by atoms with Crippen LogP contribution in [0.1, 0.15) is 12.8 Å². The molecule has 1 aromatic carbocycles. The van der Waals surface area contributed by atoms with Gasteiger partial charge in [-0.15, -0.1) is 0 Å². The summed E-state index contributed by atoms with van der Waals surface area (Å²) in [6.45, 7) is 3.73. The van der Waals surface area contributed by atoms with Gasteiger partial charge in [0.25, 0.3) is 5.91 Å². The van der Waals surface area contributed by atoms with Crippen LogP contribution in [0.2, 0.25) is 5.02 Å². The number of anilines is 1. The second-order valence-corrected chi connectivity index (χ2v) is 8.41. The van der Waals surface area contributed by atoms with Crippen LogP contribution in [0.5, 0.6) is 5.75 Å². The summed E-state index contributed by atoms with van der Waals surface area (Å²) in [6.07, 6.45) is 3.70. The number of likely N-dealkylation sites (tertiary alicyclic amines) is 1. The maximum Gasteiger partial charge on any atom is 0.257 e. The number of aromatic nitrogens is 3. The number of nitrogens with one attached hydrogen (secondary N) is 3. The zero-order valence-electron chi connectivity index (χ0n) is 18.9. The van der Waals surface area contributed by atoms with E-state index >= 15 is 0 Å². The number of hydrogen-bond donors (Lipinski definition) is 3. The predicted molar refractivity (Wildman–Crippen MR) is 129 cm³/mol. The monoisotopic (exact) mass is 472 g/mol. The molecule has 0 unspecified atom stereocenters. The Bertz CT molecular complexity index is 1080. The first kappa shape index (κ1) is 23.3. The largest absolute Gasteiger partial charge is 0.484 e. The van der Waals surface area contributed by atoms with Crippen LogP contribution in [0.15, 0.2) is 30.5 Å². The molecule has 1 aliphatic rings. The number of hydrogen-bond acceptors (Lipinski definition) is 7. The average Bonchev–Trinajstić information content (AvgIpc) is 3.29. The van der Waals surface area contributed by atoms with Gasteiger partial charge in [0, 0.05) is 45.4 Å². The number of pyridine rings is 1. The minimum atomic E-state index is -0.181. The van der Waals surface area contributed by atoms with E-state index in [4.69, 9.17) is 26.1 Å². The van der Waals surface area contributed by atoms with E-state index in [1.54, 1.807) is 20.4 Å². The smallest absolute Gasteiger partial charge is 0.257 e. The van der Waals surface area contributed by atoms with Crippen molar-refractivity contribution in [1.82, 2.24) is 25.2 Å². The second kappa shape index (κ2) is 10.8. The third-order valence-electron chi connectivity index (χ3n) is 5.79. The van der Waals surface area contributed by atoms with Crippen LogP contribution in [0.25, 0.3) is 22.6 Å². The zero-order valence-corrected chi connectivity index (χ0v) is 19.6. The van der Waals surface area contributed by atoms with Crippen LogP contribution in [-0.2, 0) is 9.53 Å². The Morgan fingerprint density at radius 2 is 2.03 bits per heavy atom. The summed E-state index contributed by atoms with van der Waals surface area (Å²) in [6, 6.07) is 7.72. The van der Waals surface area contributed by atoms with E-state index in [1.807, 2.05) is 24.3 Å². The fourth-order valence-electron chi connectivity index (χ4n) is 3.86. The third-order valence-corrected chi connectivity index (χ3v) is 6.08. The Labute approximate surface area is 197 Å². The molecule has 3 N–H and O–H groups in total. The van der Waals surface area contributed by atoms with Crippen molar-refractivity contribution in [3.63, 3.8) is 0 Å². The molecule has 0 atom stereocenters. The number of rotatable bonds is 9. The second-order valence-electron chi connectivity index (χ2n) is 8.00. The van der Waals surface area contributed by atoms with Crippen LogP contribution in [-0.4, -0.2) is 78.8 Å². The van der Waals surface area contributed by atoms with E-state index < -0.39 is 0 Å². The fourth-order valence-corrected chi connectivity index (χ4v) is 4.05. The summed E-state index contributed by atoms with van der Waals surface area (Å²) < 4.78 is 10.7. The summed E-state index contributed by atoms with van der Waals surface area (Å²) in [5, 5.41) is 6.69. The summed E-state index contributed by atoms with van der Waals surface area (Å²) in [4.78, 5) is 26.3. The number of carbonyl (C=O) groups is 1. The first-order valence-electron chi connectivity index (χ1n) is 11.0. The number of ether oxygens (including phenoxy) is 2. The SMILES string of the molecule is CNC(=O)COc1ccc(-c2nc3c(NC4CCN(CCOC)CC4)c(Cl)cnc3[nH]2)cc1. The molecule has 0 radical (unpaired) electrons. The maximum atomic E-state index is 11.4. The Morgan fingerprint density at radius 1 is 1.27 bits per heavy atom. The summed E-state index contributed by atoms with van der Waals surface area (Å²) in [5.74, 6) is 1.12. The molecule has 0 spiro atoms. The van der Waals surface area contributed by atoms with Crippen molar-refractivity contribution < 1.29 is 14.3 Å². The van der Waals surface area contributed by atoms with Gasteiger partial charge in [-0.25, -0.2) is 9.97 Å². The molecule has 176 valence electrons. The molecule has 1 fully saturated rings.